The van der Waals surface area contributed by atoms with Gasteiger partial charge in [0.2, 0.25) is 0 Å². The van der Waals surface area contributed by atoms with E-state index in [4.69, 9.17) is 11.6 Å². The van der Waals surface area contributed by atoms with Crippen LogP contribution in [0.5, 0.6) is 0 Å². The number of pyridine rings is 1. The maximum atomic E-state index is 13.2. The summed E-state index contributed by atoms with van der Waals surface area (Å²) in [6.07, 6.45) is 5.29. The van der Waals surface area contributed by atoms with Crippen molar-refractivity contribution in [2.75, 3.05) is 5.32 Å². The minimum atomic E-state index is -0.201. The van der Waals surface area contributed by atoms with Crippen molar-refractivity contribution in [3.8, 4) is 0 Å². The molecule has 2 amide bonds. The molecular weight excluding hydrogens is 398 g/mol. The van der Waals surface area contributed by atoms with Gasteiger partial charge < -0.3 is 15.2 Å². The van der Waals surface area contributed by atoms with E-state index < -0.39 is 0 Å². The minimum absolute atomic E-state index is 0.116. The highest BCUT2D eigenvalue weighted by atomic mass is 35.5. The smallest absolute Gasteiger partial charge is 0.321 e. The zero-order valence-corrected chi connectivity index (χ0v) is 17.8. The fourth-order valence-corrected chi connectivity index (χ4v) is 4.44. The lowest BCUT2D eigenvalue weighted by atomic mass is 9.94. The average Bonchev–Trinajstić information content (AvgIpc) is 2.73. The van der Waals surface area contributed by atoms with Crippen LogP contribution in [0.3, 0.4) is 0 Å². The third-order valence-corrected chi connectivity index (χ3v) is 6.09. The van der Waals surface area contributed by atoms with Crippen LogP contribution in [0.2, 0.25) is 5.02 Å². The highest BCUT2D eigenvalue weighted by Gasteiger charge is 2.26. The van der Waals surface area contributed by atoms with Crippen molar-refractivity contribution in [2.24, 2.45) is 0 Å². The highest BCUT2D eigenvalue weighted by molar-refractivity contribution is 6.30. The zero-order valence-electron chi connectivity index (χ0n) is 17.1. The van der Waals surface area contributed by atoms with Gasteiger partial charge in [0.1, 0.15) is 0 Å². The Labute approximate surface area is 181 Å². The summed E-state index contributed by atoms with van der Waals surface area (Å²) in [6, 6.07) is 14.9. The molecule has 30 heavy (non-hydrogen) atoms. The number of fused-ring (bicyclic) bond motifs is 1. The van der Waals surface area contributed by atoms with Crippen molar-refractivity contribution in [2.45, 2.75) is 51.6 Å². The number of carbonyl (C=O) groups excluding carboxylic acids is 1. The molecular formula is C24H26ClN3O2. The third-order valence-electron chi connectivity index (χ3n) is 5.86. The van der Waals surface area contributed by atoms with E-state index in [9.17, 15) is 9.59 Å². The number of benzene rings is 2. The quantitative estimate of drug-likeness (QED) is 0.552. The Morgan fingerprint density at radius 2 is 1.90 bits per heavy atom. The molecule has 1 heterocycles. The van der Waals surface area contributed by atoms with Crippen LogP contribution < -0.4 is 10.9 Å². The number of nitrogens with zero attached hydrogens (tertiary/aromatic N) is 1. The summed E-state index contributed by atoms with van der Waals surface area (Å²) in [5, 5.41) is 4.50. The van der Waals surface area contributed by atoms with Gasteiger partial charge in [-0.1, -0.05) is 55.1 Å². The summed E-state index contributed by atoms with van der Waals surface area (Å²) >= 11 is 6.06. The summed E-state index contributed by atoms with van der Waals surface area (Å²) in [7, 11) is 0. The van der Waals surface area contributed by atoms with E-state index in [1.807, 2.05) is 42.2 Å². The number of hydrogen-bond donors (Lipinski definition) is 2. The number of hydrogen-bond acceptors (Lipinski definition) is 2. The molecule has 2 aromatic carbocycles. The average molecular weight is 424 g/mol. The standard InChI is InChI=1S/C24H26ClN3O2/c1-16-7-5-8-17-13-18(23(29)27-22(16)17)15-28(21-11-3-2-4-12-21)24(30)26-20-10-6-9-19(25)14-20/h5-10,13-14,21H,2-4,11-12,15H2,1H3,(H,26,30)(H,27,29). The number of para-hydroxylation sites is 1. The third kappa shape index (κ3) is 4.51. The van der Waals surface area contributed by atoms with Gasteiger partial charge in [0.05, 0.1) is 12.1 Å². The number of aryl methyl sites for hydroxylation is 1. The predicted octanol–water partition coefficient (Wildman–Crippen LogP) is 5.86. The van der Waals surface area contributed by atoms with Crippen molar-refractivity contribution in [3.63, 3.8) is 0 Å². The van der Waals surface area contributed by atoms with E-state index in [1.54, 1.807) is 18.2 Å². The Morgan fingerprint density at radius 3 is 2.67 bits per heavy atom. The SMILES string of the molecule is Cc1cccc2cc(CN(C(=O)Nc3cccc(Cl)c3)C3CCCCC3)c(=O)[nH]c12. The van der Waals surface area contributed by atoms with Crippen LogP contribution in [0, 0.1) is 6.92 Å². The second-order valence-corrected chi connectivity index (χ2v) is 8.46. The van der Waals surface area contributed by atoms with Crippen LogP contribution in [-0.4, -0.2) is 22.0 Å². The maximum absolute atomic E-state index is 13.2. The fraction of sp³-hybridized carbons (Fsp3) is 0.333. The number of carbonyl (C=O) groups is 1. The van der Waals surface area contributed by atoms with Gasteiger partial charge in [-0.25, -0.2) is 4.79 Å². The summed E-state index contributed by atoms with van der Waals surface area (Å²) in [4.78, 5) is 30.8. The molecule has 0 radical (unpaired) electrons. The fourth-order valence-electron chi connectivity index (χ4n) is 4.25. The van der Waals surface area contributed by atoms with E-state index >= 15 is 0 Å². The van der Waals surface area contributed by atoms with Gasteiger partial charge in [-0.2, -0.15) is 0 Å². The molecule has 1 aliphatic rings. The number of amides is 2. The van der Waals surface area contributed by atoms with Gasteiger partial charge in [0, 0.05) is 22.3 Å². The number of nitrogens with one attached hydrogen (secondary N) is 2. The van der Waals surface area contributed by atoms with Gasteiger partial charge in [-0.05, 0) is 55.0 Å². The van der Waals surface area contributed by atoms with Crippen molar-refractivity contribution in [3.05, 3.63) is 75.0 Å². The molecule has 0 spiro atoms. The molecule has 5 nitrogen and oxygen atoms in total. The molecule has 2 N–H and O–H groups in total. The lowest BCUT2D eigenvalue weighted by Gasteiger charge is -2.34. The highest BCUT2D eigenvalue weighted by Crippen LogP contribution is 2.26. The number of halogens is 1. The Morgan fingerprint density at radius 1 is 1.13 bits per heavy atom. The molecule has 0 aliphatic heterocycles. The molecule has 6 heteroatoms. The molecule has 1 saturated carbocycles. The van der Waals surface area contributed by atoms with Crippen LogP contribution in [-0.2, 0) is 6.54 Å². The summed E-state index contributed by atoms with van der Waals surface area (Å²) in [5.41, 5.74) is 2.97. The maximum Gasteiger partial charge on any atom is 0.322 e. The Bertz CT molecular complexity index is 1120. The molecule has 1 aliphatic carbocycles. The molecule has 0 saturated heterocycles. The molecule has 0 bridgehead atoms. The second-order valence-electron chi connectivity index (χ2n) is 8.02. The molecule has 1 aromatic heterocycles. The van der Waals surface area contributed by atoms with Crippen LogP contribution in [0.25, 0.3) is 10.9 Å². The summed E-state index contributed by atoms with van der Waals surface area (Å²) < 4.78 is 0. The van der Waals surface area contributed by atoms with E-state index in [0.29, 0.717) is 16.3 Å². The van der Waals surface area contributed by atoms with Crippen LogP contribution in [0.15, 0.2) is 53.3 Å². The molecule has 4 rings (SSSR count). The molecule has 0 unspecified atom stereocenters. The number of H-pyrrole nitrogens is 1. The first-order chi connectivity index (χ1) is 14.5. The largest absolute Gasteiger partial charge is 0.322 e. The first-order valence-corrected chi connectivity index (χ1v) is 10.8. The van der Waals surface area contributed by atoms with E-state index in [-0.39, 0.29) is 24.2 Å². The molecule has 0 atom stereocenters. The van der Waals surface area contributed by atoms with Crippen LogP contribution >= 0.6 is 11.6 Å². The minimum Gasteiger partial charge on any atom is -0.321 e. The van der Waals surface area contributed by atoms with Crippen LogP contribution in [0.4, 0.5) is 10.5 Å². The van der Waals surface area contributed by atoms with E-state index in [0.717, 1.165) is 42.1 Å². The number of aromatic amines is 1. The molecule has 1 fully saturated rings. The van der Waals surface area contributed by atoms with Gasteiger partial charge >= 0.3 is 6.03 Å². The Kier molecular flexibility index (Phi) is 6.09. The van der Waals surface area contributed by atoms with Crippen LogP contribution in [0.1, 0.15) is 43.2 Å². The summed E-state index contributed by atoms with van der Waals surface area (Å²) in [5.74, 6) is 0. The molecule has 156 valence electrons. The van der Waals surface area contributed by atoms with E-state index in [1.165, 1.54) is 6.42 Å². The first kappa shape index (κ1) is 20.5. The van der Waals surface area contributed by atoms with Gasteiger partial charge in [-0.3, -0.25) is 4.79 Å². The van der Waals surface area contributed by atoms with Crippen molar-refractivity contribution < 1.29 is 4.79 Å². The monoisotopic (exact) mass is 423 g/mol. The number of aromatic nitrogens is 1. The van der Waals surface area contributed by atoms with Gasteiger partial charge in [0.25, 0.3) is 5.56 Å². The summed E-state index contributed by atoms with van der Waals surface area (Å²) in [6.45, 7) is 2.25. The topological polar surface area (TPSA) is 65.2 Å². The normalized spacial score (nSPS) is 14.6. The van der Waals surface area contributed by atoms with Gasteiger partial charge in [0.15, 0.2) is 0 Å². The Hall–Kier alpha value is -2.79. The lowest BCUT2D eigenvalue weighted by Crippen LogP contribution is -2.44. The molecule has 3 aromatic rings. The predicted molar refractivity (Wildman–Crippen MR) is 122 cm³/mol. The zero-order chi connectivity index (χ0) is 21.1. The second kappa shape index (κ2) is 8.92. The first-order valence-electron chi connectivity index (χ1n) is 10.5. The van der Waals surface area contributed by atoms with Gasteiger partial charge in [-0.15, -0.1) is 0 Å². The van der Waals surface area contributed by atoms with Crippen molar-refractivity contribution in [1.82, 2.24) is 9.88 Å². The van der Waals surface area contributed by atoms with Crippen molar-refractivity contribution >= 4 is 34.2 Å². The Balaban J connectivity index is 1.64. The van der Waals surface area contributed by atoms with E-state index in [2.05, 4.69) is 10.3 Å². The number of anilines is 1. The number of rotatable bonds is 4. The van der Waals surface area contributed by atoms with Crippen molar-refractivity contribution in [1.29, 1.82) is 0 Å². The number of urea groups is 1. The lowest BCUT2D eigenvalue weighted by molar-refractivity contribution is 0.162.